The highest BCUT2D eigenvalue weighted by Crippen LogP contribution is 2.24. The largest absolute Gasteiger partial charge is 0.381 e. The van der Waals surface area contributed by atoms with Crippen LogP contribution < -0.4 is 5.73 Å². The maximum Gasteiger partial charge on any atom is 0.169 e. The van der Waals surface area contributed by atoms with E-state index in [2.05, 4.69) is 33.2 Å². The first kappa shape index (κ1) is 12.0. The van der Waals surface area contributed by atoms with Crippen molar-refractivity contribution in [1.82, 2.24) is 15.0 Å². The number of halogens is 2. The van der Waals surface area contributed by atoms with Crippen LogP contribution in [0.1, 0.15) is 19.0 Å². The van der Waals surface area contributed by atoms with Gasteiger partial charge in [-0.1, -0.05) is 18.6 Å². The van der Waals surface area contributed by atoms with Crippen LogP contribution in [0.4, 0.5) is 10.2 Å². The van der Waals surface area contributed by atoms with E-state index in [9.17, 15) is 4.39 Å². The molecule has 0 radical (unpaired) electrons. The van der Waals surface area contributed by atoms with Crippen LogP contribution in [0.2, 0.25) is 0 Å². The van der Waals surface area contributed by atoms with E-state index in [1.54, 1.807) is 10.7 Å². The van der Waals surface area contributed by atoms with Crippen molar-refractivity contribution in [3.05, 3.63) is 34.2 Å². The van der Waals surface area contributed by atoms with Crippen molar-refractivity contribution in [1.29, 1.82) is 0 Å². The summed E-state index contributed by atoms with van der Waals surface area (Å²) in [7, 11) is 0. The molecule has 1 aromatic heterocycles. The van der Waals surface area contributed by atoms with Gasteiger partial charge in [0.25, 0.3) is 0 Å². The molecule has 0 aliphatic rings. The number of nitrogens with two attached hydrogens (primary N) is 1. The molecule has 0 aliphatic heterocycles. The van der Waals surface area contributed by atoms with Crippen molar-refractivity contribution in [3.63, 3.8) is 0 Å². The normalized spacial score (nSPS) is 10.8. The molecule has 0 spiro atoms. The third-order valence-corrected chi connectivity index (χ3v) is 3.05. The summed E-state index contributed by atoms with van der Waals surface area (Å²) in [4.78, 5) is 0. The Labute approximate surface area is 107 Å². The van der Waals surface area contributed by atoms with Gasteiger partial charge in [0.15, 0.2) is 5.82 Å². The Bertz CT molecular complexity index is 538. The summed E-state index contributed by atoms with van der Waals surface area (Å²) in [6, 6.07) is 4.42. The minimum atomic E-state index is -0.300. The summed E-state index contributed by atoms with van der Waals surface area (Å²) >= 11 is 3.31. The molecule has 2 aromatic rings. The predicted molar refractivity (Wildman–Crippen MR) is 67.4 cm³/mol. The lowest BCUT2D eigenvalue weighted by atomic mass is 10.2. The minimum Gasteiger partial charge on any atom is -0.381 e. The van der Waals surface area contributed by atoms with Crippen LogP contribution in [0.25, 0.3) is 5.69 Å². The molecule has 0 amide bonds. The number of nitrogen functional groups attached to an aromatic ring is 1. The third kappa shape index (κ3) is 2.31. The van der Waals surface area contributed by atoms with E-state index in [0.29, 0.717) is 10.3 Å². The average Bonchev–Trinajstić information content (AvgIpc) is 2.62. The van der Waals surface area contributed by atoms with E-state index in [1.165, 1.54) is 12.1 Å². The number of rotatable bonds is 3. The standard InChI is InChI=1S/C11H12BrFN4/c1-2-3-10-11(14)15-16-17(10)9-5-4-7(13)6-8(9)12/h4-6H,2-3,14H2,1H3. The number of anilines is 1. The lowest BCUT2D eigenvalue weighted by Crippen LogP contribution is -2.04. The van der Waals surface area contributed by atoms with Crippen LogP contribution in [0.5, 0.6) is 0 Å². The molecule has 90 valence electrons. The molecule has 0 unspecified atom stereocenters. The molecule has 0 aliphatic carbocycles. The Morgan fingerprint density at radius 2 is 2.24 bits per heavy atom. The fourth-order valence-electron chi connectivity index (χ4n) is 1.63. The Hall–Kier alpha value is -1.43. The molecule has 6 heteroatoms. The summed E-state index contributed by atoms with van der Waals surface area (Å²) in [5.74, 6) is 0.119. The van der Waals surface area contributed by atoms with Gasteiger partial charge in [0, 0.05) is 4.47 Å². The molecule has 0 bridgehead atoms. The van der Waals surface area contributed by atoms with Gasteiger partial charge in [0.05, 0.1) is 11.4 Å². The first-order chi connectivity index (χ1) is 8.13. The van der Waals surface area contributed by atoms with Gasteiger partial charge in [-0.05, 0) is 40.5 Å². The summed E-state index contributed by atoms with van der Waals surface area (Å²) in [5, 5.41) is 7.84. The quantitative estimate of drug-likeness (QED) is 0.948. The summed E-state index contributed by atoms with van der Waals surface area (Å²) in [5.41, 5.74) is 7.34. The second kappa shape index (κ2) is 4.83. The van der Waals surface area contributed by atoms with E-state index in [-0.39, 0.29) is 5.82 Å². The van der Waals surface area contributed by atoms with Crippen molar-refractivity contribution in [2.75, 3.05) is 5.73 Å². The highest BCUT2D eigenvalue weighted by Gasteiger charge is 2.13. The summed E-state index contributed by atoms with van der Waals surface area (Å²) in [6.07, 6.45) is 1.72. The molecule has 2 N–H and O–H groups in total. The average molecular weight is 299 g/mol. The second-order valence-electron chi connectivity index (χ2n) is 3.68. The minimum absolute atomic E-state index is 0.300. The SMILES string of the molecule is CCCc1c(N)nnn1-c1ccc(F)cc1Br. The van der Waals surface area contributed by atoms with E-state index in [0.717, 1.165) is 24.2 Å². The van der Waals surface area contributed by atoms with E-state index in [1.807, 2.05) is 0 Å². The molecule has 2 rings (SSSR count). The van der Waals surface area contributed by atoms with Gasteiger partial charge in [0.1, 0.15) is 5.82 Å². The fourth-order valence-corrected chi connectivity index (χ4v) is 2.15. The van der Waals surface area contributed by atoms with Gasteiger partial charge in [-0.25, -0.2) is 9.07 Å². The second-order valence-corrected chi connectivity index (χ2v) is 4.53. The molecule has 0 saturated heterocycles. The Morgan fingerprint density at radius 1 is 1.47 bits per heavy atom. The molecule has 17 heavy (non-hydrogen) atoms. The van der Waals surface area contributed by atoms with Gasteiger partial charge < -0.3 is 5.73 Å². The van der Waals surface area contributed by atoms with Crippen LogP contribution in [0.15, 0.2) is 22.7 Å². The van der Waals surface area contributed by atoms with Crippen molar-refractivity contribution in [2.24, 2.45) is 0 Å². The summed E-state index contributed by atoms with van der Waals surface area (Å²) < 4.78 is 15.3. The maximum atomic E-state index is 13.0. The van der Waals surface area contributed by atoms with Crippen molar-refractivity contribution < 1.29 is 4.39 Å². The first-order valence-electron chi connectivity index (χ1n) is 5.29. The lowest BCUT2D eigenvalue weighted by Gasteiger charge is -2.07. The van der Waals surface area contributed by atoms with Crippen LogP contribution in [0.3, 0.4) is 0 Å². The molecular weight excluding hydrogens is 287 g/mol. The number of hydrogen-bond acceptors (Lipinski definition) is 3. The topological polar surface area (TPSA) is 56.7 Å². The number of benzene rings is 1. The zero-order chi connectivity index (χ0) is 12.4. The van der Waals surface area contributed by atoms with Crippen LogP contribution in [-0.4, -0.2) is 15.0 Å². The third-order valence-electron chi connectivity index (χ3n) is 2.42. The zero-order valence-corrected chi connectivity index (χ0v) is 10.9. The van der Waals surface area contributed by atoms with Crippen molar-refractivity contribution in [3.8, 4) is 5.69 Å². The van der Waals surface area contributed by atoms with Crippen molar-refractivity contribution in [2.45, 2.75) is 19.8 Å². The number of aromatic nitrogens is 3. The molecule has 4 nitrogen and oxygen atoms in total. The molecule has 1 aromatic carbocycles. The van der Waals surface area contributed by atoms with Crippen LogP contribution >= 0.6 is 15.9 Å². The van der Waals surface area contributed by atoms with Gasteiger partial charge in [-0.15, -0.1) is 5.10 Å². The fraction of sp³-hybridized carbons (Fsp3) is 0.273. The van der Waals surface area contributed by atoms with E-state index < -0.39 is 0 Å². The highest BCUT2D eigenvalue weighted by molar-refractivity contribution is 9.10. The van der Waals surface area contributed by atoms with Gasteiger partial charge in [-0.3, -0.25) is 0 Å². The monoisotopic (exact) mass is 298 g/mol. The number of nitrogens with zero attached hydrogens (tertiary/aromatic N) is 3. The highest BCUT2D eigenvalue weighted by atomic mass is 79.9. The van der Waals surface area contributed by atoms with E-state index >= 15 is 0 Å². The van der Waals surface area contributed by atoms with E-state index in [4.69, 9.17) is 5.73 Å². The van der Waals surface area contributed by atoms with Crippen LogP contribution in [0, 0.1) is 5.82 Å². The Balaban J connectivity index is 2.52. The Kier molecular flexibility index (Phi) is 3.42. The first-order valence-corrected chi connectivity index (χ1v) is 6.08. The molecular formula is C11H12BrFN4. The van der Waals surface area contributed by atoms with Gasteiger partial charge >= 0.3 is 0 Å². The molecule has 0 saturated carbocycles. The molecule has 1 heterocycles. The lowest BCUT2D eigenvalue weighted by molar-refractivity contribution is 0.625. The van der Waals surface area contributed by atoms with Gasteiger partial charge in [0.2, 0.25) is 0 Å². The summed E-state index contributed by atoms with van der Waals surface area (Å²) in [6.45, 7) is 2.05. The van der Waals surface area contributed by atoms with Crippen molar-refractivity contribution >= 4 is 21.7 Å². The van der Waals surface area contributed by atoms with Gasteiger partial charge in [-0.2, -0.15) is 0 Å². The molecule has 0 fully saturated rings. The zero-order valence-electron chi connectivity index (χ0n) is 9.32. The smallest absolute Gasteiger partial charge is 0.169 e. The molecule has 0 atom stereocenters. The van der Waals surface area contributed by atoms with Crippen LogP contribution in [-0.2, 0) is 6.42 Å². The Morgan fingerprint density at radius 3 is 2.88 bits per heavy atom. The predicted octanol–water partition coefficient (Wildman–Crippen LogP) is 2.70. The number of hydrogen-bond donors (Lipinski definition) is 1. The maximum absolute atomic E-state index is 13.0.